The van der Waals surface area contributed by atoms with Crippen LogP contribution in [0.2, 0.25) is 0 Å². The number of carboxylic acid groups (broad SMARTS) is 1. The predicted octanol–water partition coefficient (Wildman–Crippen LogP) is 1.50. The van der Waals surface area contributed by atoms with Crippen molar-refractivity contribution in [2.24, 2.45) is 0 Å². The molecule has 4 N–H and O–H groups in total. The normalized spacial score (nSPS) is 9.71. The van der Waals surface area contributed by atoms with E-state index in [1.54, 1.807) is 24.3 Å². The molecular formula is C10H12N2O2. The van der Waals surface area contributed by atoms with E-state index in [0.29, 0.717) is 11.3 Å². The quantitative estimate of drug-likeness (QED) is 0.499. The van der Waals surface area contributed by atoms with E-state index in [-0.39, 0.29) is 18.6 Å². The molecular weight excluding hydrogens is 180 g/mol. The second-order valence-electron chi connectivity index (χ2n) is 2.96. The summed E-state index contributed by atoms with van der Waals surface area (Å²) < 4.78 is 0. The molecule has 4 heteroatoms. The number of aliphatic carboxylic acids is 1. The van der Waals surface area contributed by atoms with Gasteiger partial charge in [0.2, 0.25) is 0 Å². The van der Waals surface area contributed by atoms with E-state index in [2.05, 4.69) is 0 Å². The molecule has 0 aromatic heterocycles. The smallest absolute Gasteiger partial charge is 0.303 e. The van der Waals surface area contributed by atoms with Crippen LogP contribution in [0.1, 0.15) is 18.4 Å². The second kappa shape index (κ2) is 4.41. The first kappa shape index (κ1) is 10.2. The average molecular weight is 192 g/mol. The number of benzene rings is 1. The highest BCUT2D eigenvalue weighted by molar-refractivity contribution is 6.03. The molecule has 0 heterocycles. The monoisotopic (exact) mass is 192 g/mol. The van der Waals surface area contributed by atoms with Crippen LogP contribution in [0.25, 0.3) is 0 Å². The largest absolute Gasteiger partial charge is 0.481 e. The Kier molecular flexibility index (Phi) is 3.23. The van der Waals surface area contributed by atoms with Crippen molar-refractivity contribution in [1.29, 1.82) is 5.41 Å². The van der Waals surface area contributed by atoms with Gasteiger partial charge in [0.25, 0.3) is 0 Å². The molecule has 0 aliphatic rings. The average Bonchev–Trinajstić information content (AvgIpc) is 2.15. The van der Waals surface area contributed by atoms with Gasteiger partial charge in [0, 0.05) is 23.4 Å². The predicted molar refractivity (Wildman–Crippen MR) is 54.6 cm³/mol. The Labute approximate surface area is 81.9 Å². The van der Waals surface area contributed by atoms with E-state index >= 15 is 0 Å². The van der Waals surface area contributed by atoms with E-state index in [1.807, 2.05) is 0 Å². The van der Waals surface area contributed by atoms with Gasteiger partial charge >= 0.3 is 5.97 Å². The molecule has 0 spiro atoms. The Morgan fingerprint density at radius 3 is 2.57 bits per heavy atom. The lowest BCUT2D eigenvalue weighted by Crippen LogP contribution is -2.06. The van der Waals surface area contributed by atoms with Crippen molar-refractivity contribution in [2.75, 3.05) is 5.73 Å². The second-order valence-corrected chi connectivity index (χ2v) is 2.96. The Hall–Kier alpha value is -1.84. The number of carbonyl (C=O) groups is 1. The van der Waals surface area contributed by atoms with E-state index in [0.717, 1.165) is 0 Å². The fourth-order valence-corrected chi connectivity index (χ4v) is 1.14. The third-order valence-electron chi connectivity index (χ3n) is 1.87. The van der Waals surface area contributed by atoms with E-state index in [4.69, 9.17) is 16.2 Å². The fourth-order valence-electron chi connectivity index (χ4n) is 1.14. The van der Waals surface area contributed by atoms with Gasteiger partial charge in [0.05, 0.1) is 6.42 Å². The van der Waals surface area contributed by atoms with Crippen LogP contribution < -0.4 is 5.73 Å². The van der Waals surface area contributed by atoms with E-state index in [9.17, 15) is 4.79 Å². The van der Waals surface area contributed by atoms with Crippen molar-refractivity contribution in [3.05, 3.63) is 29.8 Å². The van der Waals surface area contributed by atoms with Gasteiger partial charge in [-0.2, -0.15) is 0 Å². The van der Waals surface area contributed by atoms with Gasteiger partial charge in [-0.1, -0.05) is 18.2 Å². The molecule has 0 fully saturated rings. The summed E-state index contributed by atoms with van der Waals surface area (Å²) in [5.74, 6) is -0.899. The number of nitrogens with two attached hydrogens (primary N) is 1. The number of para-hydroxylation sites is 1. The number of hydrogen-bond acceptors (Lipinski definition) is 3. The molecule has 74 valence electrons. The van der Waals surface area contributed by atoms with Gasteiger partial charge in [0.15, 0.2) is 0 Å². The van der Waals surface area contributed by atoms with Crippen LogP contribution in [-0.4, -0.2) is 16.8 Å². The third kappa shape index (κ3) is 2.58. The third-order valence-corrected chi connectivity index (χ3v) is 1.87. The first-order valence-corrected chi connectivity index (χ1v) is 4.25. The lowest BCUT2D eigenvalue weighted by Gasteiger charge is -2.05. The molecule has 0 bridgehead atoms. The summed E-state index contributed by atoms with van der Waals surface area (Å²) >= 11 is 0. The maximum Gasteiger partial charge on any atom is 0.303 e. The molecule has 0 saturated heterocycles. The molecule has 1 rings (SSSR count). The van der Waals surface area contributed by atoms with Crippen LogP contribution in [0, 0.1) is 5.41 Å². The van der Waals surface area contributed by atoms with E-state index in [1.165, 1.54) is 0 Å². The highest BCUT2D eigenvalue weighted by Crippen LogP contribution is 2.13. The van der Waals surface area contributed by atoms with Gasteiger partial charge in [0.1, 0.15) is 0 Å². The van der Waals surface area contributed by atoms with Crippen molar-refractivity contribution < 1.29 is 9.90 Å². The molecule has 0 amide bonds. The summed E-state index contributed by atoms with van der Waals surface area (Å²) in [7, 11) is 0. The van der Waals surface area contributed by atoms with Gasteiger partial charge in [-0.3, -0.25) is 4.79 Å². The maximum absolute atomic E-state index is 10.3. The Morgan fingerprint density at radius 2 is 2.00 bits per heavy atom. The SMILES string of the molecule is N=C(CCC(=O)O)c1ccccc1N. The van der Waals surface area contributed by atoms with Crippen LogP contribution in [0.4, 0.5) is 5.69 Å². The maximum atomic E-state index is 10.3. The summed E-state index contributed by atoms with van der Waals surface area (Å²) in [6.07, 6.45) is 0.177. The molecule has 0 atom stereocenters. The number of nitrogens with one attached hydrogen (secondary N) is 1. The first-order valence-electron chi connectivity index (χ1n) is 4.25. The zero-order valence-corrected chi connectivity index (χ0v) is 7.66. The molecule has 0 saturated carbocycles. The highest BCUT2D eigenvalue weighted by Gasteiger charge is 2.06. The zero-order valence-electron chi connectivity index (χ0n) is 7.66. The molecule has 0 aliphatic heterocycles. The summed E-state index contributed by atoms with van der Waals surface area (Å²) in [6.45, 7) is 0. The lowest BCUT2D eigenvalue weighted by atomic mass is 10.0. The number of hydrogen-bond donors (Lipinski definition) is 3. The van der Waals surface area contributed by atoms with Crippen molar-refractivity contribution in [1.82, 2.24) is 0 Å². The summed E-state index contributed by atoms with van der Waals surface area (Å²) in [4.78, 5) is 10.3. The van der Waals surface area contributed by atoms with Crippen molar-refractivity contribution in [2.45, 2.75) is 12.8 Å². The highest BCUT2D eigenvalue weighted by atomic mass is 16.4. The minimum Gasteiger partial charge on any atom is -0.481 e. The number of rotatable bonds is 4. The molecule has 0 radical (unpaired) electrons. The summed E-state index contributed by atoms with van der Waals surface area (Å²) in [5, 5.41) is 16.1. The number of nitrogen functional groups attached to an aromatic ring is 1. The topological polar surface area (TPSA) is 87.2 Å². The number of anilines is 1. The standard InChI is InChI=1S/C10H12N2O2/c11-8-4-2-1-3-7(8)9(12)5-6-10(13)14/h1-4,12H,5-6,11H2,(H,13,14). The van der Waals surface area contributed by atoms with Crippen LogP contribution in [0.5, 0.6) is 0 Å². The zero-order chi connectivity index (χ0) is 10.6. The molecule has 1 aromatic rings. The Morgan fingerprint density at radius 1 is 1.36 bits per heavy atom. The molecule has 1 aromatic carbocycles. The van der Waals surface area contributed by atoms with Gasteiger partial charge < -0.3 is 16.2 Å². The summed E-state index contributed by atoms with van der Waals surface area (Å²) in [5.41, 5.74) is 7.04. The Balaban J connectivity index is 2.70. The lowest BCUT2D eigenvalue weighted by molar-refractivity contribution is -0.136. The minimum absolute atomic E-state index is 0.0346. The van der Waals surface area contributed by atoms with Crippen LogP contribution >= 0.6 is 0 Å². The first-order chi connectivity index (χ1) is 6.61. The van der Waals surface area contributed by atoms with Crippen molar-refractivity contribution >= 4 is 17.4 Å². The van der Waals surface area contributed by atoms with Crippen LogP contribution in [0.3, 0.4) is 0 Å². The van der Waals surface area contributed by atoms with Gasteiger partial charge in [-0.15, -0.1) is 0 Å². The minimum atomic E-state index is -0.899. The van der Waals surface area contributed by atoms with Crippen molar-refractivity contribution in [3.8, 4) is 0 Å². The van der Waals surface area contributed by atoms with Crippen molar-refractivity contribution in [3.63, 3.8) is 0 Å². The van der Waals surface area contributed by atoms with E-state index < -0.39 is 5.97 Å². The molecule has 14 heavy (non-hydrogen) atoms. The fraction of sp³-hybridized carbons (Fsp3) is 0.200. The van der Waals surface area contributed by atoms with Gasteiger partial charge in [-0.25, -0.2) is 0 Å². The van der Waals surface area contributed by atoms with Crippen LogP contribution in [-0.2, 0) is 4.79 Å². The number of carboxylic acids is 1. The molecule has 0 aliphatic carbocycles. The molecule has 0 unspecified atom stereocenters. The van der Waals surface area contributed by atoms with Gasteiger partial charge in [-0.05, 0) is 6.07 Å². The Bertz CT molecular complexity index is 361. The molecule has 4 nitrogen and oxygen atoms in total. The van der Waals surface area contributed by atoms with Crippen LogP contribution in [0.15, 0.2) is 24.3 Å². The summed E-state index contributed by atoms with van der Waals surface area (Å²) in [6, 6.07) is 6.98.